The first kappa shape index (κ1) is 19.8. The molecule has 0 fully saturated rings. The van der Waals surface area contributed by atoms with Gasteiger partial charge in [0.15, 0.2) is 0 Å². The van der Waals surface area contributed by atoms with E-state index in [4.69, 9.17) is 11.6 Å². The Kier molecular flexibility index (Phi) is 7.48. The van der Waals surface area contributed by atoms with Gasteiger partial charge >= 0.3 is 0 Å². The van der Waals surface area contributed by atoms with Crippen molar-refractivity contribution in [2.24, 2.45) is 0 Å². The number of aryl methyl sites for hydroxylation is 1. The maximum Gasteiger partial charge on any atom is 0.253 e. The molecule has 0 saturated carbocycles. The average molecular weight is 374 g/mol. The zero-order valence-electron chi connectivity index (χ0n) is 15.1. The molecular formula is C20H24ClN3O2. The minimum Gasteiger partial charge on any atom is -0.370 e. The van der Waals surface area contributed by atoms with Crippen LogP contribution in [0.1, 0.15) is 22.8 Å². The lowest BCUT2D eigenvalue weighted by molar-refractivity contribution is -0.120. The molecule has 0 heterocycles. The molecular weight excluding hydrogens is 350 g/mol. The second-order valence-electron chi connectivity index (χ2n) is 5.88. The first-order valence-corrected chi connectivity index (χ1v) is 9.00. The monoisotopic (exact) mass is 373 g/mol. The number of nitrogens with one attached hydrogen (secondary N) is 2. The Morgan fingerprint density at radius 3 is 2.42 bits per heavy atom. The highest BCUT2D eigenvalue weighted by atomic mass is 35.5. The van der Waals surface area contributed by atoms with Crippen LogP contribution >= 0.6 is 11.6 Å². The van der Waals surface area contributed by atoms with Gasteiger partial charge in [0.25, 0.3) is 5.91 Å². The normalized spacial score (nSPS) is 10.3. The Morgan fingerprint density at radius 2 is 1.73 bits per heavy atom. The van der Waals surface area contributed by atoms with Crippen molar-refractivity contribution in [1.29, 1.82) is 0 Å². The maximum atomic E-state index is 12.0. The van der Waals surface area contributed by atoms with E-state index in [2.05, 4.69) is 41.5 Å². The summed E-state index contributed by atoms with van der Waals surface area (Å²) in [7, 11) is 0. The number of carbonyl (C=O) groups is 2. The van der Waals surface area contributed by atoms with E-state index in [1.807, 2.05) is 12.1 Å². The lowest BCUT2D eigenvalue weighted by Crippen LogP contribution is -2.40. The SMILES string of the molecule is CCN(CCNC(=O)CNC(=O)c1ccccc1Cl)c1ccccc1C. The summed E-state index contributed by atoms with van der Waals surface area (Å²) >= 11 is 5.97. The number of amides is 2. The Hall–Kier alpha value is -2.53. The van der Waals surface area contributed by atoms with Crippen LogP contribution in [0.2, 0.25) is 5.02 Å². The van der Waals surface area contributed by atoms with Crippen LogP contribution in [0.4, 0.5) is 5.69 Å². The van der Waals surface area contributed by atoms with Gasteiger partial charge in [0, 0.05) is 25.3 Å². The highest BCUT2D eigenvalue weighted by molar-refractivity contribution is 6.33. The van der Waals surface area contributed by atoms with Crippen LogP contribution < -0.4 is 15.5 Å². The van der Waals surface area contributed by atoms with Crippen LogP contribution in [0, 0.1) is 6.92 Å². The summed E-state index contributed by atoms with van der Waals surface area (Å²) in [6, 6.07) is 14.9. The lowest BCUT2D eigenvalue weighted by atomic mass is 10.2. The van der Waals surface area contributed by atoms with Gasteiger partial charge in [0.1, 0.15) is 0 Å². The van der Waals surface area contributed by atoms with E-state index < -0.39 is 0 Å². The number of carbonyl (C=O) groups excluding carboxylic acids is 2. The van der Waals surface area contributed by atoms with E-state index in [1.165, 1.54) is 5.56 Å². The van der Waals surface area contributed by atoms with Crippen molar-refractivity contribution in [3.8, 4) is 0 Å². The Balaban J connectivity index is 1.77. The van der Waals surface area contributed by atoms with Gasteiger partial charge in [-0.25, -0.2) is 0 Å². The van der Waals surface area contributed by atoms with Crippen molar-refractivity contribution in [3.63, 3.8) is 0 Å². The van der Waals surface area contributed by atoms with Crippen molar-refractivity contribution >= 4 is 29.1 Å². The summed E-state index contributed by atoms with van der Waals surface area (Å²) in [5.74, 6) is -0.591. The average Bonchev–Trinajstić information content (AvgIpc) is 2.64. The molecule has 0 atom stereocenters. The summed E-state index contributed by atoms with van der Waals surface area (Å²) in [4.78, 5) is 26.2. The van der Waals surface area contributed by atoms with Gasteiger partial charge in [-0.3, -0.25) is 9.59 Å². The van der Waals surface area contributed by atoms with Crippen molar-refractivity contribution < 1.29 is 9.59 Å². The third-order valence-corrected chi connectivity index (χ3v) is 4.40. The quantitative estimate of drug-likeness (QED) is 0.747. The lowest BCUT2D eigenvalue weighted by Gasteiger charge is -2.25. The van der Waals surface area contributed by atoms with Crippen LogP contribution in [-0.2, 0) is 4.79 Å². The van der Waals surface area contributed by atoms with Crippen molar-refractivity contribution in [1.82, 2.24) is 10.6 Å². The predicted molar refractivity (Wildman–Crippen MR) is 106 cm³/mol. The molecule has 6 heteroatoms. The minimum absolute atomic E-state index is 0.0828. The van der Waals surface area contributed by atoms with Crippen LogP contribution in [-0.4, -0.2) is 38.0 Å². The highest BCUT2D eigenvalue weighted by Gasteiger charge is 2.11. The van der Waals surface area contributed by atoms with E-state index in [0.29, 0.717) is 23.7 Å². The number of halogens is 1. The van der Waals surface area contributed by atoms with E-state index in [0.717, 1.165) is 12.2 Å². The fourth-order valence-corrected chi connectivity index (χ4v) is 2.88. The highest BCUT2D eigenvalue weighted by Crippen LogP contribution is 2.18. The number of rotatable bonds is 8. The molecule has 2 amide bonds. The smallest absolute Gasteiger partial charge is 0.253 e. The first-order chi connectivity index (χ1) is 12.5. The number of anilines is 1. The molecule has 26 heavy (non-hydrogen) atoms. The molecule has 5 nitrogen and oxygen atoms in total. The first-order valence-electron chi connectivity index (χ1n) is 8.63. The number of para-hydroxylation sites is 1. The van der Waals surface area contributed by atoms with Crippen molar-refractivity contribution in [2.75, 3.05) is 31.1 Å². The summed E-state index contributed by atoms with van der Waals surface area (Å²) in [5, 5.41) is 5.78. The number of hydrogen-bond acceptors (Lipinski definition) is 3. The second kappa shape index (κ2) is 9.82. The molecule has 2 aromatic carbocycles. The molecule has 2 rings (SSSR count). The molecule has 2 N–H and O–H groups in total. The summed E-state index contributed by atoms with van der Waals surface area (Å²) in [6.07, 6.45) is 0. The van der Waals surface area contributed by atoms with E-state index in [1.54, 1.807) is 24.3 Å². The fourth-order valence-electron chi connectivity index (χ4n) is 2.66. The van der Waals surface area contributed by atoms with Crippen LogP contribution in [0.15, 0.2) is 48.5 Å². The van der Waals surface area contributed by atoms with Gasteiger partial charge in [-0.15, -0.1) is 0 Å². The van der Waals surface area contributed by atoms with E-state index in [-0.39, 0.29) is 18.4 Å². The zero-order chi connectivity index (χ0) is 18.9. The predicted octanol–water partition coefficient (Wildman–Crippen LogP) is 3.02. The molecule has 0 bridgehead atoms. The Bertz CT molecular complexity index is 764. The topological polar surface area (TPSA) is 61.4 Å². The largest absolute Gasteiger partial charge is 0.370 e. The maximum absolute atomic E-state index is 12.0. The number of hydrogen-bond donors (Lipinski definition) is 2. The van der Waals surface area contributed by atoms with Crippen LogP contribution in [0.3, 0.4) is 0 Å². The molecule has 0 aliphatic carbocycles. The Morgan fingerprint density at radius 1 is 1.04 bits per heavy atom. The Labute approximate surface area is 159 Å². The van der Waals surface area contributed by atoms with E-state index >= 15 is 0 Å². The number of benzene rings is 2. The third-order valence-electron chi connectivity index (χ3n) is 4.07. The summed E-state index contributed by atoms with van der Waals surface area (Å²) in [6.45, 7) is 6.12. The molecule has 0 saturated heterocycles. The molecule has 138 valence electrons. The second-order valence-corrected chi connectivity index (χ2v) is 6.29. The van der Waals surface area contributed by atoms with Crippen LogP contribution in [0.5, 0.6) is 0 Å². The van der Waals surface area contributed by atoms with Crippen molar-refractivity contribution in [2.45, 2.75) is 13.8 Å². The van der Waals surface area contributed by atoms with Gasteiger partial charge in [-0.05, 0) is 37.6 Å². The van der Waals surface area contributed by atoms with E-state index in [9.17, 15) is 9.59 Å². The minimum atomic E-state index is -0.360. The van der Waals surface area contributed by atoms with Gasteiger partial charge in [0.2, 0.25) is 5.91 Å². The molecule has 0 unspecified atom stereocenters. The zero-order valence-corrected chi connectivity index (χ0v) is 15.8. The molecule has 0 aromatic heterocycles. The fraction of sp³-hybridized carbons (Fsp3) is 0.300. The van der Waals surface area contributed by atoms with Gasteiger partial charge in [-0.2, -0.15) is 0 Å². The van der Waals surface area contributed by atoms with Crippen LogP contribution in [0.25, 0.3) is 0 Å². The standard InChI is InChI=1S/C20H24ClN3O2/c1-3-24(18-11-7-4-8-15(18)2)13-12-22-19(25)14-23-20(26)16-9-5-6-10-17(16)21/h4-11H,3,12-14H2,1-2H3,(H,22,25)(H,23,26). The number of likely N-dealkylation sites (N-methyl/N-ethyl adjacent to an activating group) is 1. The summed E-state index contributed by atoms with van der Waals surface area (Å²) in [5.41, 5.74) is 2.72. The molecule has 0 spiro atoms. The molecule has 0 radical (unpaired) electrons. The number of nitrogens with zero attached hydrogens (tertiary/aromatic N) is 1. The van der Waals surface area contributed by atoms with Gasteiger partial charge < -0.3 is 15.5 Å². The summed E-state index contributed by atoms with van der Waals surface area (Å²) < 4.78 is 0. The van der Waals surface area contributed by atoms with Gasteiger partial charge in [-0.1, -0.05) is 41.9 Å². The molecule has 0 aliphatic rings. The van der Waals surface area contributed by atoms with Gasteiger partial charge in [0.05, 0.1) is 17.1 Å². The van der Waals surface area contributed by atoms with Crippen molar-refractivity contribution in [3.05, 3.63) is 64.7 Å². The molecule has 2 aromatic rings. The molecule has 0 aliphatic heterocycles. The third kappa shape index (κ3) is 5.49.